The van der Waals surface area contributed by atoms with Gasteiger partial charge in [-0.15, -0.1) is 0 Å². The van der Waals surface area contributed by atoms with Gasteiger partial charge in [-0.25, -0.2) is 0 Å². The summed E-state index contributed by atoms with van der Waals surface area (Å²) in [6.07, 6.45) is -1.86. The Bertz CT molecular complexity index is 146. The van der Waals surface area contributed by atoms with Crippen molar-refractivity contribution < 1.29 is 20.4 Å². The number of hydrogen-bond acceptors (Lipinski definition) is 5. The second-order valence-corrected chi connectivity index (χ2v) is 3.59. The van der Waals surface area contributed by atoms with E-state index in [0.29, 0.717) is 0 Å². The fourth-order valence-corrected chi connectivity index (χ4v) is 1.69. The maximum absolute atomic E-state index is 9.54. The average molecular weight is 191 g/mol. The number of nitrogens with one attached hydrogen (secondary N) is 1. The topological polar surface area (TPSA) is 93.0 Å². The van der Waals surface area contributed by atoms with Crippen LogP contribution in [0.5, 0.6) is 0 Å². The van der Waals surface area contributed by atoms with Crippen LogP contribution in [0.4, 0.5) is 0 Å². The van der Waals surface area contributed by atoms with Gasteiger partial charge in [-0.2, -0.15) is 0 Å². The third kappa shape index (κ3) is 2.00. The monoisotopic (exact) mass is 191 g/mol. The van der Waals surface area contributed by atoms with Crippen molar-refractivity contribution in [2.75, 3.05) is 13.2 Å². The zero-order valence-corrected chi connectivity index (χ0v) is 7.59. The Morgan fingerprint density at radius 1 is 1.00 bits per heavy atom. The Kier molecular flexibility index (Phi) is 3.63. The van der Waals surface area contributed by atoms with E-state index in [4.69, 9.17) is 10.2 Å². The van der Waals surface area contributed by atoms with E-state index in [0.717, 1.165) is 0 Å². The minimum Gasteiger partial charge on any atom is -0.395 e. The molecule has 0 saturated carbocycles. The molecular weight excluding hydrogens is 174 g/mol. The lowest BCUT2D eigenvalue weighted by Crippen LogP contribution is -2.63. The van der Waals surface area contributed by atoms with Crippen molar-refractivity contribution in [3.05, 3.63) is 0 Å². The zero-order chi connectivity index (χ0) is 10.0. The maximum atomic E-state index is 9.54. The standard InChI is InChI=1S/C8H17NO4/c1-4-5(2-10)9-6(3-11)8(13)7(4)12/h4-13H,2-3H2,1H3/t4?,5-,6?,7?,8-/m0/s1. The minimum absolute atomic E-state index is 0.110. The van der Waals surface area contributed by atoms with E-state index in [-0.39, 0.29) is 25.2 Å². The van der Waals surface area contributed by atoms with Crippen LogP contribution in [0.25, 0.3) is 0 Å². The maximum Gasteiger partial charge on any atom is 0.0977 e. The van der Waals surface area contributed by atoms with Gasteiger partial charge in [-0.3, -0.25) is 0 Å². The first-order chi connectivity index (χ1) is 6.11. The number of aliphatic hydroxyl groups excluding tert-OH is 4. The molecule has 0 aromatic carbocycles. The second kappa shape index (κ2) is 4.34. The molecule has 0 radical (unpaired) electrons. The first-order valence-corrected chi connectivity index (χ1v) is 4.45. The lowest BCUT2D eigenvalue weighted by atomic mass is 9.84. The molecule has 0 aliphatic carbocycles. The van der Waals surface area contributed by atoms with Gasteiger partial charge in [0.25, 0.3) is 0 Å². The Labute approximate surface area is 77.0 Å². The largest absolute Gasteiger partial charge is 0.395 e. The molecule has 5 atom stereocenters. The average Bonchev–Trinajstić information content (AvgIpc) is 2.15. The molecule has 78 valence electrons. The van der Waals surface area contributed by atoms with Crippen molar-refractivity contribution in [3.8, 4) is 0 Å². The molecular formula is C8H17NO4. The SMILES string of the molecule is CC1C(O)[C@@H](O)C(CO)N[C@H]1CO. The first-order valence-electron chi connectivity index (χ1n) is 4.45. The van der Waals surface area contributed by atoms with Gasteiger partial charge in [-0.05, 0) is 0 Å². The molecule has 1 rings (SSSR count). The highest BCUT2D eigenvalue weighted by Crippen LogP contribution is 2.20. The Hall–Kier alpha value is -0.200. The summed E-state index contributed by atoms with van der Waals surface area (Å²) < 4.78 is 0. The van der Waals surface area contributed by atoms with E-state index in [1.165, 1.54) is 0 Å². The molecule has 3 unspecified atom stereocenters. The molecule has 1 aliphatic heterocycles. The highest BCUT2D eigenvalue weighted by molar-refractivity contribution is 4.95. The van der Waals surface area contributed by atoms with Crippen LogP contribution in [0.3, 0.4) is 0 Å². The number of hydrogen-bond donors (Lipinski definition) is 5. The van der Waals surface area contributed by atoms with E-state index in [9.17, 15) is 10.2 Å². The van der Waals surface area contributed by atoms with Crippen molar-refractivity contribution in [2.24, 2.45) is 5.92 Å². The van der Waals surface area contributed by atoms with Crippen molar-refractivity contribution in [1.29, 1.82) is 0 Å². The molecule has 0 amide bonds. The van der Waals surface area contributed by atoms with Crippen LogP contribution in [-0.2, 0) is 0 Å². The lowest BCUT2D eigenvalue weighted by molar-refractivity contribution is -0.0861. The quantitative estimate of drug-likeness (QED) is 0.337. The van der Waals surface area contributed by atoms with Gasteiger partial charge in [0.2, 0.25) is 0 Å². The van der Waals surface area contributed by atoms with Crippen molar-refractivity contribution in [1.82, 2.24) is 5.32 Å². The van der Waals surface area contributed by atoms with E-state index >= 15 is 0 Å². The zero-order valence-electron chi connectivity index (χ0n) is 7.59. The molecule has 1 saturated heterocycles. The summed E-state index contributed by atoms with van der Waals surface area (Å²) in [7, 11) is 0. The molecule has 5 heteroatoms. The molecule has 1 fully saturated rings. The fourth-order valence-electron chi connectivity index (χ4n) is 1.69. The summed E-state index contributed by atoms with van der Waals surface area (Å²) >= 11 is 0. The molecule has 13 heavy (non-hydrogen) atoms. The van der Waals surface area contributed by atoms with Gasteiger partial charge < -0.3 is 25.7 Å². The smallest absolute Gasteiger partial charge is 0.0977 e. The summed E-state index contributed by atoms with van der Waals surface area (Å²) in [5, 5.41) is 39.7. The number of rotatable bonds is 2. The summed E-state index contributed by atoms with van der Waals surface area (Å²) in [6.45, 7) is 1.39. The third-order valence-corrected chi connectivity index (χ3v) is 2.76. The predicted molar refractivity (Wildman–Crippen MR) is 46.1 cm³/mol. The van der Waals surface area contributed by atoms with Crippen LogP contribution in [-0.4, -0.2) is 57.9 Å². The van der Waals surface area contributed by atoms with E-state index in [1.807, 2.05) is 0 Å². The summed E-state index contributed by atoms with van der Waals surface area (Å²) in [5.41, 5.74) is 0. The highest BCUT2D eigenvalue weighted by atomic mass is 16.3. The van der Waals surface area contributed by atoms with E-state index in [2.05, 4.69) is 5.32 Å². The van der Waals surface area contributed by atoms with Crippen LogP contribution in [0.1, 0.15) is 6.92 Å². The van der Waals surface area contributed by atoms with Crippen LogP contribution in [0, 0.1) is 5.92 Å². The van der Waals surface area contributed by atoms with Crippen molar-refractivity contribution >= 4 is 0 Å². The van der Waals surface area contributed by atoms with Gasteiger partial charge in [0.1, 0.15) is 0 Å². The van der Waals surface area contributed by atoms with Gasteiger partial charge in [0.15, 0.2) is 0 Å². The Morgan fingerprint density at radius 3 is 2.00 bits per heavy atom. The van der Waals surface area contributed by atoms with Crippen LogP contribution >= 0.6 is 0 Å². The summed E-state index contributed by atoms with van der Waals surface area (Å²) in [5.74, 6) is -0.220. The van der Waals surface area contributed by atoms with Crippen molar-refractivity contribution in [3.63, 3.8) is 0 Å². The molecule has 0 aromatic rings. The normalized spacial score (nSPS) is 46.4. The summed E-state index contributed by atoms with van der Waals surface area (Å²) in [4.78, 5) is 0. The molecule has 1 heterocycles. The first kappa shape index (κ1) is 10.9. The Balaban J connectivity index is 2.66. The molecule has 0 spiro atoms. The van der Waals surface area contributed by atoms with Crippen molar-refractivity contribution in [2.45, 2.75) is 31.2 Å². The minimum atomic E-state index is -0.970. The number of aliphatic hydroxyl groups is 4. The van der Waals surface area contributed by atoms with Crippen LogP contribution in [0.2, 0.25) is 0 Å². The number of piperidine rings is 1. The predicted octanol–water partition coefficient (Wildman–Crippen LogP) is -2.33. The molecule has 0 bridgehead atoms. The molecule has 5 nitrogen and oxygen atoms in total. The molecule has 0 aromatic heterocycles. The molecule has 5 N–H and O–H groups in total. The van der Waals surface area contributed by atoms with E-state index < -0.39 is 18.2 Å². The van der Waals surface area contributed by atoms with Gasteiger partial charge in [0, 0.05) is 12.0 Å². The van der Waals surface area contributed by atoms with Gasteiger partial charge in [0.05, 0.1) is 31.5 Å². The third-order valence-electron chi connectivity index (χ3n) is 2.76. The fraction of sp³-hybridized carbons (Fsp3) is 1.00. The lowest BCUT2D eigenvalue weighted by Gasteiger charge is -2.41. The van der Waals surface area contributed by atoms with Gasteiger partial charge >= 0.3 is 0 Å². The van der Waals surface area contributed by atoms with Gasteiger partial charge in [-0.1, -0.05) is 6.92 Å². The van der Waals surface area contributed by atoms with E-state index in [1.54, 1.807) is 6.92 Å². The molecule has 1 aliphatic rings. The van der Waals surface area contributed by atoms with Crippen LogP contribution in [0.15, 0.2) is 0 Å². The Morgan fingerprint density at radius 2 is 1.54 bits per heavy atom. The van der Waals surface area contributed by atoms with Crippen LogP contribution < -0.4 is 5.32 Å². The second-order valence-electron chi connectivity index (χ2n) is 3.59. The highest BCUT2D eigenvalue weighted by Gasteiger charge is 2.39. The summed E-state index contributed by atoms with van der Waals surface area (Å²) in [6, 6.07) is -0.820.